The molecule has 0 aliphatic carbocycles. The molecule has 22 heavy (non-hydrogen) atoms. The van der Waals surface area contributed by atoms with Crippen molar-refractivity contribution in [3.05, 3.63) is 53.6 Å². The standard InChI is InChI=1S/C13H13ClN2O4S2/c1-21(17,18)15-11-5-7-13(8-6-11)22(19,20)16-12-4-2-3-10(14)9-12/h2-9,15-16H,1H3. The van der Waals surface area contributed by atoms with Gasteiger partial charge in [-0.05, 0) is 42.5 Å². The van der Waals surface area contributed by atoms with Crippen LogP contribution in [0.15, 0.2) is 53.4 Å². The number of rotatable bonds is 5. The fourth-order valence-corrected chi connectivity index (χ4v) is 3.49. The van der Waals surface area contributed by atoms with Crippen LogP contribution in [0.2, 0.25) is 5.02 Å². The van der Waals surface area contributed by atoms with E-state index >= 15 is 0 Å². The Labute approximate surface area is 134 Å². The predicted molar refractivity (Wildman–Crippen MR) is 87.2 cm³/mol. The Kier molecular flexibility index (Phi) is 4.64. The summed E-state index contributed by atoms with van der Waals surface area (Å²) in [7, 11) is -7.18. The molecule has 0 aromatic heterocycles. The van der Waals surface area contributed by atoms with Crippen molar-refractivity contribution in [3.63, 3.8) is 0 Å². The lowest BCUT2D eigenvalue weighted by atomic mass is 10.3. The molecule has 118 valence electrons. The lowest BCUT2D eigenvalue weighted by Crippen LogP contribution is -2.13. The maximum Gasteiger partial charge on any atom is 0.261 e. The van der Waals surface area contributed by atoms with Crippen LogP contribution >= 0.6 is 11.6 Å². The molecule has 0 saturated heterocycles. The molecule has 0 heterocycles. The number of nitrogens with one attached hydrogen (secondary N) is 2. The summed E-state index contributed by atoms with van der Waals surface area (Å²) in [6, 6.07) is 11.7. The fourth-order valence-electron chi connectivity index (χ4n) is 1.68. The highest BCUT2D eigenvalue weighted by molar-refractivity contribution is 7.92. The van der Waals surface area contributed by atoms with Gasteiger partial charge in [0.15, 0.2) is 0 Å². The summed E-state index contributed by atoms with van der Waals surface area (Å²) in [6.07, 6.45) is 1.01. The molecule has 0 amide bonds. The zero-order chi connectivity index (χ0) is 16.4. The molecule has 6 nitrogen and oxygen atoms in total. The topological polar surface area (TPSA) is 92.3 Å². The first-order valence-corrected chi connectivity index (χ1v) is 9.77. The second-order valence-electron chi connectivity index (χ2n) is 4.51. The fraction of sp³-hybridized carbons (Fsp3) is 0.0769. The number of benzene rings is 2. The number of halogens is 1. The van der Waals surface area contributed by atoms with Gasteiger partial charge in [-0.2, -0.15) is 0 Å². The highest BCUT2D eigenvalue weighted by Gasteiger charge is 2.14. The van der Waals surface area contributed by atoms with E-state index in [0.29, 0.717) is 10.7 Å². The van der Waals surface area contributed by atoms with Crippen LogP contribution in [-0.2, 0) is 20.0 Å². The van der Waals surface area contributed by atoms with Gasteiger partial charge < -0.3 is 0 Å². The van der Waals surface area contributed by atoms with Crippen molar-refractivity contribution in [2.75, 3.05) is 15.7 Å². The predicted octanol–water partition coefficient (Wildman–Crippen LogP) is 2.51. The Hall–Kier alpha value is -1.77. The lowest BCUT2D eigenvalue weighted by Gasteiger charge is -2.09. The van der Waals surface area contributed by atoms with Crippen molar-refractivity contribution in [2.24, 2.45) is 0 Å². The smallest absolute Gasteiger partial charge is 0.261 e. The molecule has 2 N–H and O–H groups in total. The molecule has 2 rings (SSSR count). The molecule has 9 heteroatoms. The Morgan fingerprint density at radius 2 is 1.50 bits per heavy atom. The van der Waals surface area contributed by atoms with Gasteiger partial charge in [-0.15, -0.1) is 0 Å². The Balaban J connectivity index is 2.23. The Morgan fingerprint density at radius 3 is 2.05 bits per heavy atom. The second kappa shape index (κ2) is 6.15. The first kappa shape index (κ1) is 16.6. The first-order valence-electron chi connectivity index (χ1n) is 6.02. The quantitative estimate of drug-likeness (QED) is 0.856. The van der Waals surface area contributed by atoms with Crippen LogP contribution in [0.25, 0.3) is 0 Å². The molecule has 0 radical (unpaired) electrons. The summed E-state index contributed by atoms with van der Waals surface area (Å²) in [5.41, 5.74) is 0.620. The molecule has 2 aromatic rings. The highest BCUT2D eigenvalue weighted by atomic mass is 35.5. The summed E-state index contributed by atoms with van der Waals surface area (Å²) in [6.45, 7) is 0. The molecular weight excluding hydrogens is 348 g/mol. The van der Waals surface area contributed by atoms with Crippen LogP contribution in [-0.4, -0.2) is 23.1 Å². The Morgan fingerprint density at radius 1 is 0.864 bits per heavy atom. The van der Waals surface area contributed by atoms with Crippen molar-refractivity contribution in [1.29, 1.82) is 0 Å². The summed E-state index contributed by atoms with van der Waals surface area (Å²) >= 11 is 5.80. The minimum atomic E-state index is -3.78. The van der Waals surface area contributed by atoms with E-state index in [2.05, 4.69) is 9.44 Å². The molecular formula is C13H13ClN2O4S2. The second-order valence-corrected chi connectivity index (χ2v) is 8.38. The zero-order valence-corrected chi connectivity index (χ0v) is 13.8. The average Bonchev–Trinajstić information content (AvgIpc) is 2.36. The average molecular weight is 361 g/mol. The van der Waals surface area contributed by atoms with Gasteiger partial charge >= 0.3 is 0 Å². The van der Waals surface area contributed by atoms with E-state index in [4.69, 9.17) is 11.6 Å². The summed E-state index contributed by atoms with van der Waals surface area (Å²) in [5.74, 6) is 0. The van der Waals surface area contributed by atoms with Gasteiger partial charge in [0, 0.05) is 10.7 Å². The highest BCUT2D eigenvalue weighted by Crippen LogP contribution is 2.20. The lowest BCUT2D eigenvalue weighted by molar-refractivity contribution is 0.601. The molecule has 0 atom stereocenters. The summed E-state index contributed by atoms with van der Waals surface area (Å²) in [5, 5.41) is 0.410. The van der Waals surface area contributed by atoms with Gasteiger partial charge in [-0.25, -0.2) is 16.8 Å². The van der Waals surface area contributed by atoms with E-state index in [9.17, 15) is 16.8 Å². The molecule has 0 aliphatic rings. The summed E-state index contributed by atoms with van der Waals surface area (Å²) < 4.78 is 51.3. The van der Waals surface area contributed by atoms with E-state index in [-0.39, 0.29) is 10.6 Å². The third-order valence-electron chi connectivity index (χ3n) is 2.54. The third kappa shape index (κ3) is 4.62. The van der Waals surface area contributed by atoms with Crippen molar-refractivity contribution in [1.82, 2.24) is 0 Å². The van der Waals surface area contributed by atoms with Crippen molar-refractivity contribution in [3.8, 4) is 0 Å². The van der Waals surface area contributed by atoms with Crippen molar-refractivity contribution < 1.29 is 16.8 Å². The minimum Gasteiger partial charge on any atom is -0.284 e. The van der Waals surface area contributed by atoms with Crippen molar-refractivity contribution >= 4 is 43.0 Å². The van der Waals surface area contributed by atoms with E-state index < -0.39 is 20.0 Å². The van der Waals surface area contributed by atoms with E-state index in [1.165, 1.54) is 30.3 Å². The van der Waals surface area contributed by atoms with Gasteiger partial charge in [0.2, 0.25) is 10.0 Å². The monoisotopic (exact) mass is 360 g/mol. The van der Waals surface area contributed by atoms with Crippen LogP contribution in [0.3, 0.4) is 0 Å². The molecule has 0 bridgehead atoms. The largest absolute Gasteiger partial charge is 0.284 e. The van der Waals surface area contributed by atoms with Gasteiger partial charge in [0.1, 0.15) is 0 Å². The molecule has 0 fully saturated rings. The zero-order valence-electron chi connectivity index (χ0n) is 11.4. The van der Waals surface area contributed by atoms with Crippen LogP contribution in [0.5, 0.6) is 0 Å². The number of anilines is 2. The summed E-state index contributed by atoms with van der Waals surface area (Å²) in [4.78, 5) is 0.00604. The van der Waals surface area contributed by atoms with Gasteiger partial charge in [-0.3, -0.25) is 9.44 Å². The Bertz CT molecular complexity index is 879. The normalized spacial score (nSPS) is 11.9. The molecule has 0 unspecified atom stereocenters. The van der Waals surface area contributed by atoms with E-state index in [1.54, 1.807) is 18.2 Å². The van der Waals surface area contributed by atoms with Crippen LogP contribution < -0.4 is 9.44 Å². The maximum absolute atomic E-state index is 12.2. The van der Waals surface area contributed by atoms with Gasteiger partial charge in [0.05, 0.1) is 16.8 Å². The number of sulfonamides is 2. The van der Waals surface area contributed by atoms with Crippen LogP contribution in [0.1, 0.15) is 0 Å². The van der Waals surface area contributed by atoms with E-state index in [0.717, 1.165) is 6.26 Å². The molecule has 0 saturated carbocycles. The van der Waals surface area contributed by atoms with Gasteiger partial charge in [0.25, 0.3) is 10.0 Å². The number of hydrogen-bond donors (Lipinski definition) is 2. The third-order valence-corrected chi connectivity index (χ3v) is 4.78. The first-order chi connectivity index (χ1) is 10.2. The van der Waals surface area contributed by atoms with E-state index in [1.807, 2.05) is 0 Å². The SMILES string of the molecule is CS(=O)(=O)Nc1ccc(S(=O)(=O)Nc2cccc(Cl)c2)cc1. The molecule has 2 aromatic carbocycles. The maximum atomic E-state index is 12.2. The molecule has 0 aliphatic heterocycles. The molecule has 0 spiro atoms. The van der Waals surface area contributed by atoms with Crippen molar-refractivity contribution in [2.45, 2.75) is 4.90 Å². The minimum absolute atomic E-state index is 0.00604. The number of hydrogen-bond acceptors (Lipinski definition) is 4. The van der Waals surface area contributed by atoms with Crippen LogP contribution in [0.4, 0.5) is 11.4 Å². The van der Waals surface area contributed by atoms with Gasteiger partial charge in [-0.1, -0.05) is 17.7 Å². The van der Waals surface area contributed by atoms with Crippen LogP contribution in [0, 0.1) is 0 Å².